The van der Waals surface area contributed by atoms with Crippen LogP contribution >= 0.6 is 11.6 Å². The molecule has 1 aliphatic carbocycles. The molecule has 2 amide bonds. The Hall–Kier alpha value is -1.90. The predicted molar refractivity (Wildman–Crippen MR) is 131 cm³/mol. The van der Waals surface area contributed by atoms with E-state index in [0.717, 1.165) is 25.3 Å². The van der Waals surface area contributed by atoms with Crippen LogP contribution in [0.15, 0.2) is 29.0 Å². The van der Waals surface area contributed by atoms with Gasteiger partial charge in [0.15, 0.2) is 6.17 Å². The van der Waals surface area contributed by atoms with Gasteiger partial charge in [0.2, 0.25) is 5.91 Å². The number of halogens is 1. The number of piperidine rings is 1. The van der Waals surface area contributed by atoms with Crippen molar-refractivity contribution in [1.82, 2.24) is 20.4 Å². The lowest BCUT2D eigenvalue weighted by atomic mass is 9.89. The molecule has 2 heterocycles. The van der Waals surface area contributed by atoms with E-state index in [2.05, 4.69) is 27.6 Å². The molecular formula is C24H38ClN5O3. The molecule has 8 nitrogen and oxygen atoms in total. The third kappa shape index (κ3) is 7.04. The molecule has 33 heavy (non-hydrogen) atoms. The van der Waals surface area contributed by atoms with E-state index in [1.807, 2.05) is 32.1 Å². The second-order valence-electron chi connectivity index (χ2n) is 9.57. The first kappa shape index (κ1) is 25.7. The van der Waals surface area contributed by atoms with Gasteiger partial charge in [-0.25, -0.2) is 4.99 Å². The van der Waals surface area contributed by atoms with Crippen LogP contribution in [0.1, 0.15) is 39.5 Å². The first-order chi connectivity index (χ1) is 15.8. The van der Waals surface area contributed by atoms with E-state index in [-0.39, 0.29) is 30.3 Å². The zero-order valence-electron chi connectivity index (χ0n) is 20.2. The van der Waals surface area contributed by atoms with Gasteiger partial charge >= 0.3 is 0 Å². The summed E-state index contributed by atoms with van der Waals surface area (Å²) >= 11 is 6.68. The average Bonchev–Trinajstić information content (AvgIpc) is 2.77. The minimum Gasteiger partial charge on any atom is -0.501 e. The number of aliphatic imine (C=N–C) groups is 1. The van der Waals surface area contributed by atoms with Gasteiger partial charge in [0, 0.05) is 18.4 Å². The van der Waals surface area contributed by atoms with Crippen molar-refractivity contribution in [2.24, 2.45) is 16.8 Å². The summed E-state index contributed by atoms with van der Waals surface area (Å²) in [5.41, 5.74) is 0. The van der Waals surface area contributed by atoms with E-state index in [1.165, 1.54) is 12.8 Å². The Kier molecular flexibility index (Phi) is 9.35. The van der Waals surface area contributed by atoms with Gasteiger partial charge in [-0.1, -0.05) is 23.8 Å². The number of hydrogen-bond acceptors (Lipinski definition) is 6. The fourth-order valence-corrected chi connectivity index (χ4v) is 5.11. The largest absolute Gasteiger partial charge is 0.501 e. The summed E-state index contributed by atoms with van der Waals surface area (Å²) in [4.78, 5) is 34.5. The molecule has 0 spiro atoms. The lowest BCUT2D eigenvalue weighted by Crippen LogP contribution is -2.60. The van der Waals surface area contributed by atoms with Crippen LogP contribution in [0.5, 0.6) is 0 Å². The van der Waals surface area contributed by atoms with Gasteiger partial charge in [-0.2, -0.15) is 0 Å². The van der Waals surface area contributed by atoms with Gasteiger partial charge in [0.05, 0.1) is 18.9 Å². The Balaban J connectivity index is 1.71. The van der Waals surface area contributed by atoms with Crippen molar-refractivity contribution in [1.29, 1.82) is 0 Å². The average molecular weight is 480 g/mol. The lowest BCUT2D eigenvalue weighted by Gasteiger charge is -2.40. The standard InChI is InChI=1S/C24H38ClN5O3/c1-16(2)27-20(31)15-30-21(18-6-5-7-19(14-18)33-4)22(25)28-23(24(30)32)26-11-8-17-9-12-29(3)13-10-17/h5-7,16-18,21,23,26H,8-15H2,1-4H3,(H,27,31). The molecule has 2 N–H and O–H groups in total. The number of hydrogen-bond donors (Lipinski definition) is 2. The number of carbonyl (C=O) groups excluding carboxylic acids is 2. The highest BCUT2D eigenvalue weighted by Crippen LogP contribution is 2.30. The van der Waals surface area contributed by atoms with Gasteiger partial charge < -0.3 is 19.9 Å². The molecule has 184 valence electrons. The zero-order valence-corrected chi connectivity index (χ0v) is 21.0. The summed E-state index contributed by atoms with van der Waals surface area (Å²) < 4.78 is 5.41. The van der Waals surface area contributed by atoms with Gasteiger partial charge in [-0.3, -0.25) is 14.9 Å². The molecule has 0 aromatic heterocycles. The number of likely N-dealkylation sites (tertiary alicyclic amines) is 1. The molecule has 3 rings (SSSR count). The Morgan fingerprint density at radius 1 is 1.33 bits per heavy atom. The molecule has 0 saturated carbocycles. The molecule has 3 aliphatic rings. The maximum absolute atomic E-state index is 13.5. The molecular weight excluding hydrogens is 442 g/mol. The second-order valence-corrected chi connectivity index (χ2v) is 9.95. The summed E-state index contributed by atoms with van der Waals surface area (Å²) in [6.07, 6.45) is 8.97. The van der Waals surface area contributed by atoms with Gasteiger partial charge in [0.25, 0.3) is 5.91 Å². The van der Waals surface area contributed by atoms with Crippen molar-refractivity contribution in [2.75, 3.05) is 40.3 Å². The number of rotatable bonds is 9. The van der Waals surface area contributed by atoms with Crippen molar-refractivity contribution in [3.05, 3.63) is 24.0 Å². The topological polar surface area (TPSA) is 86.3 Å². The van der Waals surface area contributed by atoms with Crippen LogP contribution in [0.3, 0.4) is 0 Å². The first-order valence-corrected chi connectivity index (χ1v) is 12.3. The molecule has 1 saturated heterocycles. The van der Waals surface area contributed by atoms with Crippen LogP contribution in [-0.2, 0) is 14.3 Å². The molecule has 1 fully saturated rings. The number of nitrogens with one attached hydrogen (secondary N) is 2. The van der Waals surface area contributed by atoms with Gasteiger partial charge in [-0.05, 0) is 71.8 Å². The normalized spacial score (nSPS) is 26.9. The van der Waals surface area contributed by atoms with E-state index >= 15 is 0 Å². The molecule has 3 atom stereocenters. The SMILES string of the molecule is COC1=CC=CC(C2C(Cl)=NC(NCCC3CCN(C)CC3)C(=O)N2CC(=O)NC(C)C)C1. The summed E-state index contributed by atoms with van der Waals surface area (Å²) in [6, 6.07) is -0.514. The predicted octanol–water partition coefficient (Wildman–Crippen LogP) is 2.11. The van der Waals surface area contributed by atoms with Crippen LogP contribution in [0.4, 0.5) is 0 Å². The van der Waals surface area contributed by atoms with Crippen molar-refractivity contribution in [3.8, 4) is 0 Å². The second kappa shape index (κ2) is 12.0. The smallest absolute Gasteiger partial charge is 0.263 e. The molecule has 0 aromatic rings. The molecule has 2 aliphatic heterocycles. The van der Waals surface area contributed by atoms with Crippen LogP contribution in [0, 0.1) is 11.8 Å². The number of carbonyl (C=O) groups is 2. The summed E-state index contributed by atoms with van der Waals surface area (Å²) in [5, 5.41) is 6.51. The maximum atomic E-state index is 13.5. The van der Waals surface area contributed by atoms with Gasteiger partial charge in [-0.15, -0.1) is 0 Å². The third-order valence-corrected chi connectivity index (χ3v) is 6.91. The number of amides is 2. The lowest BCUT2D eigenvalue weighted by molar-refractivity contribution is -0.140. The minimum absolute atomic E-state index is 0.0129. The van der Waals surface area contributed by atoms with Crippen LogP contribution < -0.4 is 10.6 Å². The molecule has 3 unspecified atom stereocenters. The highest BCUT2D eigenvalue weighted by Gasteiger charge is 2.42. The number of ether oxygens (including phenoxy) is 1. The monoisotopic (exact) mass is 479 g/mol. The van der Waals surface area contributed by atoms with E-state index in [0.29, 0.717) is 24.1 Å². The fraction of sp³-hybridized carbons (Fsp3) is 0.708. The minimum atomic E-state index is -0.767. The van der Waals surface area contributed by atoms with Crippen molar-refractivity contribution >= 4 is 28.6 Å². The first-order valence-electron chi connectivity index (χ1n) is 11.9. The number of allylic oxidation sites excluding steroid dienone is 3. The Morgan fingerprint density at radius 2 is 2.06 bits per heavy atom. The number of methoxy groups -OCH3 is 1. The highest BCUT2D eigenvalue weighted by molar-refractivity contribution is 6.67. The molecule has 0 radical (unpaired) electrons. The van der Waals surface area contributed by atoms with Gasteiger partial charge in [0.1, 0.15) is 11.7 Å². The van der Waals surface area contributed by atoms with E-state index < -0.39 is 12.2 Å². The van der Waals surface area contributed by atoms with E-state index in [1.54, 1.807) is 12.0 Å². The number of nitrogens with zero attached hydrogens (tertiary/aromatic N) is 3. The summed E-state index contributed by atoms with van der Waals surface area (Å²) in [6.45, 7) is 6.66. The summed E-state index contributed by atoms with van der Waals surface area (Å²) in [7, 11) is 3.78. The Bertz CT molecular complexity index is 789. The van der Waals surface area contributed by atoms with Crippen molar-refractivity contribution in [3.63, 3.8) is 0 Å². The Labute approximate surface area is 202 Å². The van der Waals surface area contributed by atoms with Crippen LogP contribution in [-0.4, -0.2) is 85.4 Å². The third-order valence-electron chi connectivity index (χ3n) is 6.59. The van der Waals surface area contributed by atoms with E-state index in [4.69, 9.17) is 16.3 Å². The molecule has 0 bridgehead atoms. The maximum Gasteiger partial charge on any atom is 0.263 e. The quantitative estimate of drug-likeness (QED) is 0.529. The zero-order chi connectivity index (χ0) is 24.0. The van der Waals surface area contributed by atoms with Crippen LogP contribution in [0.2, 0.25) is 0 Å². The van der Waals surface area contributed by atoms with Crippen molar-refractivity contribution < 1.29 is 14.3 Å². The van der Waals surface area contributed by atoms with Crippen molar-refractivity contribution in [2.45, 2.75) is 57.8 Å². The van der Waals surface area contributed by atoms with E-state index in [9.17, 15) is 9.59 Å². The molecule has 0 aromatic carbocycles. The summed E-state index contributed by atoms with van der Waals surface area (Å²) in [5.74, 6) is 0.927. The fourth-order valence-electron chi connectivity index (χ4n) is 4.73. The highest BCUT2D eigenvalue weighted by atomic mass is 35.5. The van der Waals surface area contributed by atoms with Crippen LogP contribution in [0.25, 0.3) is 0 Å². The Morgan fingerprint density at radius 3 is 2.73 bits per heavy atom. The molecule has 9 heteroatoms.